The molecule has 0 saturated heterocycles. The minimum Gasteiger partial charge on any atom is -0.365 e. The highest BCUT2D eigenvalue weighted by Crippen LogP contribution is 2.44. The number of carbonyl (C=O) groups excluding carboxylic acids is 2. The van der Waals surface area contributed by atoms with Gasteiger partial charge in [0.1, 0.15) is 21.9 Å². The molecule has 0 unspecified atom stereocenters. The number of nitrogens with zero attached hydrogens (tertiary/aromatic N) is 6. The number of alkyl halides is 3. The summed E-state index contributed by atoms with van der Waals surface area (Å²) < 4.78 is 43.8. The molecule has 37 heavy (non-hydrogen) atoms. The van der Waals surface area contributed by atoms with Gasteiger partial charge < -0.3 is 21.2 Å². The van der Waals surface area contributed by atoms with E-state index in [-0.39, 0.29) is 26.3 Å². The lowest BCUT2D eigenvalue weighted by molar-refractivity contribution is -0.389. The minimum absolute atomic E-state index is 0.0551. The quantitative estimate of drug-likeness (QED) is 0.269. The molecule has 0 aliphatic carbocycles. The highest BCUT2D eigenvalue weighted by atomic mass is 32.1. The van der Waals surface area contributed by atoms with E-state index in [0.29, 0.717) is 34.8 Å². The Bertz CT molecular complexity index is 1570. The fourth-order valence-electron chi connectivity index (χ4n) is 3.84. The SMILES string of the molecule is CCn1ncc(-c2cc(C(F)(F)F)nc3sc(C(N)=O)c(NC(=O)Cn4nc([N+](=O)[O-])cc4C)c23)c1C. The topological polar surface area (TPSA) is 164 Å². The van der Waals surface area contributed by atoms with Crippen LogP contribution >= 0.6 is 11.3 Å². The van der Waals surface area contributed by atoms with Gasteiger partial charge in [-0.3, -0.25) is 14.3 Å². The van der Waals surface area contributed by atoms with Crippen molar-refractivity contribution in [1.82, 2.24) is 24.5 Å². The molecule has 0 aromatic carbocycles. The van der Waals surface area contributed by atoms with Crippen LogP contribution in [0.2, 0.25) is 0 Å². The number of fused-ring (bicyclic) bond motifs is 1. The first-order valence-corrected chi connectivity index (χ1v) is 11.5. The number of primary amides is 1. The number of rotatable bonds is 7. The number of nitro groups is 1. The first kappa shape index (κ1) is 25.7. The van der Waals surface area contributed by atoms with Gasteiger partial charge in [0, 0.05) is 23.2 Å². The molecule has 2 amide bonds. The van der Waals surface area contributed by atoms with Gasteiger partial charge >= 0.3 is 12.0 Å². The van der Waals surface area contributed by atoms with E-state index in [2.05, 4.69) is 20.5 Å². The molecule has 4 aromatic heterocycles. The second-order valence-corrected chi connectivity index (χ2v) is 8.97. The molecule has 4 rings (SSSR count). The number of nitrogens with two attached hydrogens (primary N) is 1. The van der Waals surface area contributed by atoms with E-state index in [1.54, 1.807) is 11.6 Å². The summed E-state index contributed by atoms with van der Waals surface area (Å²) in [6.45, 7) is 5.00. The maximum absolute atomic E-state index is 13.7. The van der Waals surface area contributed by atoms with Gasteiger partial charge in [-0.15, -0.1) is 11.3 Å². The summed E-state index contributed by atoms with van der Waals surface area (Å²) in [7, 11) is 0. The van der Waals surface area contributed by atoms with Crippen molar-refractivity contribution in [3.63, 3.8) is 0 Å². The number of pyridine rings is 1. The highest BCUT2D eigenvalue weighted by Gasteiger charge is 2.35. The highest BCUT2D eigenvalue weighted by molar-refractivity contribution is 7.21. The van der Waals surface area contributed by atoms with Gasteiger partial charge in [-0.1, -0.05) is 0 Å². The van der Waals surface area contributed by atoms with Crippen molar-refractivity contribution in [2.45, 2.75) is 40.0 Å². The van der Waals surface area contributed by atoms with Crippen LogP contribution in [0.5, 0.6) is 0 Å². The van der Waals surface area contributed by atoms with Crippen molar-refractivity contribution >= 4 is 44.9 Å². The first-order valence-electron chi connectivity index (χ1n) is 10.7. The molecule has 0 aliphatic heterocycles. The zero-order valence-corrected chi connectivity index (χ0v) is 20.4. The molecule has 0 radical (unpaired) electrons. The maximum Gasteiger partial charge on any atom is 0.433 e. The number of amides is 2. The van der Waals surface area contributed by atoms with Gasteiger partial charge in [0.25, 0.3) is 5.91 Å². The molecule has 12 nitrogen and oxygen atoms in total. The standard InChI is InChI=1S/C21H19F3N8O4S/c1-4-30-10(3)12(7-26-30)11-6-13(21(22,23)24)27-20-16(11)17(18(37-20)19(25)34)28-15(33)8-31-9(2)5-14(29-31)32(35)36/h5-7H,4,8H2,1-3H3,(H2,25,34)(H,28,33). The van der Waals surface area contributed by atoms with Crippen molar-refractivity contribution in [3.05, 3.63) is 50.4 Å². The van der Waals surface area contributed by atoms with E-state index in [4.69, 9.17) is 5.73 Å². The molecule has 194 valence electrons. The van der Waals surface area contributed by atoms with Crippen LogP contribution in [0.25, 0.3) is 21.3 Å². The van der Waals surface area contributed by atoms with Crippen molar-refractivity contribution in [2.75, 3.05) is 5.32 Å². The van der Waals surface area contributed by atoms with Crippen LogP contribution in [0.1, 0.15) is 33.7 Å². The second kappa shape index (κ2) is 9.27. The molecule has 0 saturated carbocycles. The number of aryl methyl sites for hydroxylation is 2. The van der Waals surface area contributed by atoms with E-state index in [9.17, 15) is 32.9 Å². The van der Waals surface area contributed by atoms with E-state index in [1.807, 2.05) is 6.92 Å². The Morgan fingerprint density at radius 1 is 1.22 bits per heavy atom. The number of anilines is 1. The number of halogens is 3. The summed E-state index contributed by atoms with van der Waals surface area (Å²) in [5.41, 5.74) is 5.49. The smallest absolute Gasteiger partial charge is 0.365 e. The van der Waals surface area contributed by atoms with E-state index < -0.39 is 41.0 Å². The Morgan fingerprint density at radius 3 is 2.46 bits per heavy atom. The minimum atomic E-state index is -4.79. The monoisotopic (exact) mass is 536 g/mol. The van der Waals surface area contributed by atoms with Gasteiger partial charge in [0.05, 0.1) is 28.7 Å². The molecular weight excluding hydrogens is 517 g/mol. The summed E-state index contributed by atoms with van der Waals surface area (Å²) in [5, 5.41) is 21.5. The normalized spacial score (nSPS) is 11.7. The van der Waals surface area contributed by atoms with Crippen LogP contribution in [-0.2, 0) is 24.1 Å². The first-order chi connectivity index (χ1) is 17.3. The average molecular weight is 536 g/mol. The van der Waals surface area contributed by atoms with Crippen molar-refractivity contribution < 1.29 is 27.7 Å². The van der Waals surface area contributed by atoms with Gasteiger partial charge in [0.2, 0.25) is 5.91 Å². The molecule has 0 spiro atoms. The van der Waals surface area contributed by atoms with Crippen molar-refractivity contribution in [2.24, 2.45) is 5.73 Å². The van der Waals surface area contributed by atoms with E-state index >= 15 is 0 Å². The summed E-state index contributed by atoms with van der Waals surface area (Å²) in [6, 6.07) is 2.01. The van der Waals surface area contributed by atoms with Crippen LogP contribution in [0.15, 0.2) is 18.3 Å². The van der Waals surface area contributed by atoms with E-state index in [0.717, 1.165) is 10.7 Å². The molecule has 16 heteroatoms. The third-order valence-corrected chi connectivity index (χ3v) is 6.68. The lowest BCUT2D eigenvalue weighted by atomic mass is 10.0. The zero-order valence-electron chi connectivity index (χ0n) is 19.6. The Kier molecular flexibility index (Phi) is 6.45. The number of carbonyl (C=O) groups is 2. The Hall–Kier alpha value is -4.34. The number of nitrogens with one attached hydrogen (secondary N) is 1. The fourth-order valence-corrected chi connectivity index (χ4v) is 4.84. The van der Waals surface area contributed by atoms with Crippen molar-refractivity contribution in [3.8, 4) is 11.1 Å². The number of hydrogen-bond donors (Lipinski definition) is 2. The van der Waals surface area contributed by atoms with Crippen molar-refractivity contribution in [1.29, 1.82) is 0 Å². The van der Waals surface area contributed by atoms with Crippen LogP contribution in [-0.4, -0.2) is 41.3 Å². The molecule has 0 fully saturated rings. The molecular formula is C21H19F3N8O4S. The molecule has 0 aliphatic rings. The van der Waals surface area contributed by atoms with Crippen LogP contribution in [0.4, 0.5) is 24.7 Å². The third kappa shape index (κ3) is 4.74. The predicted molar refractivity (Wildman–Crippen MR) is 127 cm³/mol. The summed E-state index contributed by atoms with van der Waals surface area (Å²) in [4.78, 5) is 38.7. The third-order valence-electron chi connectivity index (χ3n) is 5.58. The second-order valence-electron chi connectivity index (χ2n) is 7.97. The van der Waals surface area contributed by atoms with Gasteiger partial charge in [-0.2, -0.15) is 23.0 Å². The van der Waals surface area contributed by atoms with Crippen LogP contribution < -0.4 is 11.1 Å². The van der Waals surface area contributed by atoms with E-state index in [1.165, 1.54) is 19.2 Å². The molecule has 0 atom stereocenters. The van der Waals surface area contributed by atoms with Gasteiger partial charge in [-0.05, 0) is 37.3 Å². The summed E-state index contributed by atoms with van der Waals surface area (Å²) in [6.07, 6.45) is -3.39. The Morgan fingerprint density at radius 2 is 1.92 bits per heavy atom. The Labute approximate surface area is 210 Å². The maximum atomic E-state index is 13.7. The molecule has 4 heterocycles. The zero-order chi connectivity index (χ0) is 27.2. The fraction of sp³-hybridized carbons (Fsp3) is 0.286. The average Bonchev–Trinajstić information content (AvgIpc) is 3.48. The lowest BCUT2D eigenvalue weighted by Gasteiger charge is -2.12. The molecule has 0 bridgehead atoms. The van der Waals surface area contributed by atoms with Crippen LogP contribution in [0, 0.1) is 24.0 Å². The molecule has 4 aromatic rings. The number of aromatic nitrogens is 5. The van der Waals surface area contributed by atoms with Gasteiger partial charge in [0.15, 0.2) is 0 Å². The molecule has 3 N–H and O–H groups in total. The van der Waals surface area contributed by atoms with Crippen LogP contribution in [0.3, 0.4) is 0 Å². The summed E-state index contributed by atoms with van der Waals surface area (Å²) >= 11 is 0.610. The number of hydrogen-bond acceptors (Lipinski definition) is 8. The Balaban J connectivity index is 1.89. The predicted octanol–water partition coefficient (Wildman–Crippen LogP) is 3.66. The van der Waals surface area contributed by atoms with Gasteiger partial charge in [-0.25, -0.2) is 4.98 Å². The number of thiophene rings is 1. The summed E-state index contributed by atoms with van der Waals surface area (Å²) in [5.74, 6) is -2.18. The lowest BCUT2D eigenvalue weighted by Crippen LogP contribution is -2.22. The largest absolute Gasteiger partial charge is 0.433 e.